The zero-order valence-corrected chi connectivity index (χ0v) is 14.2. The lowest BCUT2D eigenvalue weighted by Gasteiger charge is -2.07. The van der Waals surface area contributed by atoms with E-state index >= 15 is 0 Å². The molecular weight excluding hydrogens is 370 g/mol. The number of benzene rings is 1. The molecule has 2 heterocycles. The number of nitrogens with one attached hydrogen (secondary N) is 2. The van der Waals surface area contributed by atoms with Gasteiger partial charge in [0.05, 0.1) is 17.9 Å². The minimum Gasteiger partial charge on any atom is -0.345 e. The molecule has 0 fully saturated rings. The minimum atomic E-state index is -0.291. The third-order valence-electron chi connectivity index (χ3n) is 3.19. The summed E-state index contributed by atoms with van der Waals surface area (Å²) in [6.45, 7) is 0.346. The number of carbonyl (C=O) groups is 1. The molecule has 1 amide bonds. The van der Waals surface area contributed by atoms with Gasteiger partial charge in [-0.3, -0.25) is 9.78 Å². The Kier molecular flexibility index (Phi) is 5.12. The van der Waals surface area contributed by atoms with E-state index in [9.17, 15) is 4.79 Å². The SMILES string of the molecule is O=C(NCc1ccccn1)c1ccc(Nc2ccccc2Br)nn1. The van der Waals surface area contributed by atoms with Crippen LogP contribution in [0.2, 0.25) is 0 Å². The smallest absolute Gasteiger partial charge is 0.272 e. The summed E-state index contributed by atoms with van der Waals surface area (Å²) >= 11 is 3.45. The van der Waals surface area contributed by atoms with Crippen LogP contribution >= 0.6 is 15.9 Å². The largest absolute Gasteiger partial charge is 0.345 e. The number of nitrogens with zero attached hydrogens (tertiary/aromatic N) is 3. The first kappa shape index (κ1) is 16.1. The van der Waals surface area contributed by atoms with E-state index in [2.05, 4.69) is 41.7 Å². The second-order valence-corrected chi connectivity index (χ2v) is 5.77. The maximum Gasteiger partial charge on any atom is 0.272 e. The number of amides is 1. The van der Waals surface area contributed by atoms with Gasteiger partial charge in [0.2, 0.25) is 0 Å². The topological polar surface area (TPSA) is 79.8 Å². The second kappa shape index (κ2) is 7.65. The van der Waals surface area contributed by atoms with Crippen molar-refractivity contribution >= 4 is 33.3 Å². The van der Waals surface area contributed by atoms with E-state index in [0.29, 0.717) is 12.4 Å². The number of para-hydroxylation sites is 1. The summed E-state index contributed by atoms with van der Waals surface area (Å²) < 4.78 is 0.920. The summed E-state index contributed by atoms with van der Waals surface area (Å²) in [4.78, 5) is 16.2. The van der Waals surface area contributed by atoms with E-state index < -0.39 is 0 Å². The van der Waals surface area contributed by atoms with Crippen LogP contribution in [0.1, 0.15) is 16.2 Å². The standard InChI is InChI=1S/C17H14BrN5O/c18-13-6-1-2-7-14(13)21-16-9-8-15(22-23-16)17(24)20-11-12-5-3-4-10-19-12/h1-10H,11H2,(H,20,24)(H,21,23). The van der Waals surface area contributed by atoms with Crippen molar-refractivity contribution in [1.82, 2.24) is 20.5 Å². The van der Waals surface area contributed by atoms with Gasteiger partial charge in [-0.25, -0.2) is 0 Å². The Morgan fingerprint density at radius 3 is 2.54 bits per heavy atom. The van der Waals surface area contributed by atoms with Crippen LogP contribution in [0, 0.1) is 0 Å². The van der Waals surface area contributed by atoms with Gasteiger partial charge in [0.15, 0.2) is 11.5 Å². The predicted molar refractivity (Wildman–Crippen MR) is 94.9 cm³/mol. The average molecular weight is 384 g/mol. The third-order valence-corrected chi connectivity index (χ3v) is 3.88. The van der Waals surface area contributed by atoms with Crippen LogP contribution < -0.4 is 10.6 Å². The van der Waals surface area contributed by atoms with E-state index in [1.165, 1.54) is 0 Å². The summed E-state index contributed by atoms with van der Waals surface area (Å²) in [5.41, 5.74) is 1.91. The average Bonchev–Trinajstić information content (AvgIpc) is 2.63. The van der Waals surface area contributed by atoms with Gasteiger partial charge in [-0.05, 0) is 52.3 Å². The Balaban J connectivity index is 1.61. The lowest BCUT2D eigenvalue weighted by atomic mass is 10.3. The molecule has 120 valence electrons. The normalized spacial score (nSPS) is 10.2. The molecule has 2 aromatic heterocycles. The molecule has 0 aliphatic rings. The first-order chi connectivity index (χ1) is 11.7. The quantitative estimate of drug-likeness (QED) is 0.706. The number of aromatic nitrogens is 3. The van der Waals surface area contributed by atoms with Gasteiger partial charge in [0.1, 0.15) is 0 Å². The zero-order chi connectivity index (χ0) is 16.8. The number of hydrogen-bond donors (Lipinski definition) is 2. The van der Waals surface area contributed by atoms with E-state index in [4.69, 9.17) is 0 Å². The molecule has 7 heteroatoms. The van der Waals surface area contributed by atoms with Gasteiger partial charge in [-0.1, -0.05) is 18.2 Å². The first-order valence-corrected chi connectivity index (χ1v) is 8.05. The fourth-order valence-corrected chi connectivity index (χ4v) is 2.37. The van der Waals surface area contributed by atoms with Crippen molar-refractivity contribution in [3.63, 3.8) is 0 Å². The molecule has 0 unspecified atom stereocenters. The zero-order valence-electron chi connectivity index (χ0n) is 12.6. The van der Waals surface area contributed by atoms with Crippen LogP contribution in [0.3, 0.4) is 0 Å². The molecule has 24 heavy (non-hydrogen) atoms. The number of pyridine rings is 1. The maximum absolute atomic E-state index is 12.1. The first-order valence-electron chi connectivity index (χ1n) is 7.26. The van der Waals surface area contributed by atoms with Crippen LogP contribution in [0.5, 0.6) is 0 Å². The molecule has 3 aromatic rings. The summed E-state index contributed by atoms with van der Waals surface area (Å²) in [5, 5.41) is 13.9. The number of rotatable bonds is 5. The lowest BCUT2D eigenvalue weighted by Crippen LogP contribution is -2.24. The summed E-state index contributed by atoms with van der Waals surface area (Å²) in [6.07, 6.45) is 1.68. The minimum absolute atomic E-state index is 0.253. The van der Waals surface area contributed by atoms with Gasteiger partial charge in [-0.15, -0.1) is 10.2 Å². The molecule has 0 spiro atoms. The predicted octanol–water partition coefficient (Wildman–Crippen LogP) is 3.31. The van der Waals surface area contributed by atoms with E-state index in [1.54, 1.807) is 18.3 Å². The Hall–Kier alpha value is -2.80. The van der Waals surface area contributed by atoms with Crippen LogP contribution in [0.15, 0.2) is 65.3 Å². The molecular formula is C17H14BrN5O. The summed E-state index contributed by atoms with van der Waals surface area (Å²) in [7, 11) is 0. The highest BCUT2D eigenvalue weighted by molar-refractivity contribution is 9.10. The monoisotopic (exact) mass is 383 g/mol. The van der Waals surface area contributed by atoms with Gasteiger partial charge >= 0.3 is 0 Å². The molecule has 0 saturated heterocycles. The van der Waals surface area contributed by atoms with Crippen molar-refractivity contribution in [2.24, 2.45) is 0 Å². The highest BCUT2D eigenvalue weighted by Crippen LogP contribution is 2.24. The molecule has 0 aliphatic heterocycles. The molecule has 0 aliphatic carbocycles. The maximum atomic E-state index is 12.1. The van der Waals surface area contributed by atoms with Gasteiger partial charge in [-0.2, -0.15) is 0 Å². The van der Waals surface area contributed by atoms with Crippen molar-refractivity contribution in [2.45, 2.75) is 6.54 Å². The number of halogens is 1. The molecule has 0 saturated carbocycles. The summed E-state index contributed by atoms with van der Waals surface area (Å²) in [6, 6.07) is 16.6. The van der Waals surface area contributed by atoms with E-state index in [0.717, 1.165) is 15.9 Å². The van der Waals surface area contributed by atoms with Crippen molar-refractivity contribution < 1.29 is 4.79 Å². The van der Waals surface area contributed by atoms with Gasteiger partial charge < -0.3 is 10.6 Å². The molecule has 0 bridgehead atoms. The molecule has 6 nitrogen and oxygen atoms in total. The van der Waals surface area contributed by atoms with Crippen LogP contribution in [0.4, 0.5) is 11.5 Å². The second-order valence-electron chi connectivity index (χ2n) is 4.91. The molecule has 3 rings (SSSR count). The Morgan fingerprint density at radius 1 is 1.00 bits per heavy atom. The number of hydrogen-bond acceptors (Lipinski definition) is 5. The summed E-state index contributed by atoms with van der Waals surface area (Å²) in [5.74, 6) is 0.267. The molecule has 0 radical (unpaired) electrons. The van der Waals surface area contributed by atoms with Crippen molar-refractivity contribution in [3.05, 3.63) is 76.7 Å². The van der Waals surface area contributed by atoms with Crippen LogP contribution in [-0.2, 0) is 6.54 Å². The van der Waals surface area contributed by atoms with Crippen molar-refractivity contribution in [2.75, 3.05) is 5.32 Å². The van der Waals surface area contributed by atoms with E-state index in [1.807, 2.05) is 42.5 Å². The van der Waals surface area contributed by atoms with Crippen LogP contribution in [-0.4, -0.2) is 21.1 Å². The van der Waals surface area contributed by atoms with Crippen molar-refractivity contribution in [1.29, 1.82) is 0 Å². The molecule has 0 atom stereocenters. The number of anilines is 2. The van der Waals surface area contributed by atoms with Crippen LogP contribution in [0.25, 0.3) is 0 Å². The Labute approximate surface area is 147 Å². The Morgan fingerprint density at radius 2 is 1.83 bits per heavy atom. The van der Waals surface area contributed by atoms with E-state index in [-0.39, 0.29) is 11.6 Å². The lowest BCUT2D eigenvalue weighted by molar-refractivity contribution is 0.0944. The number of carbonyl (C=O) groups excluding carboxylic acids is 1. The molecule has 1 aromatic carbocycles. The Bertz CT molecular complexity index is 824. The fraction of sp³-hybridized carbons (Fsp3) is 0.0588. The highest BCUT2D eigenvalue weighted by Gasteiger charge is 2.08. The highest BCUT2D eigenvalue weighted by atomic mass is 79.9. The molecule has 2 N–H and O–H groups in total. The van der Waals surface area contributed by atoms with Crippen molar-refractivity contribution in [3.8, 4) is 0 Å². The van der Waals surface area contributed by atoms with Gasteiger partial charge in [0.25, 0.3) is 5.91 Å². The van der Waals surface area contributed by atoms with Gasteiger partial charge in [0, 0.05) is 10.7 Å². The third kappa shape index (κ3) is 4.14. The fourth-order valence-electron chi connectivity index (χ4n) is 1.98.